The summed E-state index contributed by atoms with van der Waals surface area (Å²) in [4.78, 5) is 17.7. The maximum absolute atomic E-state index is 13.4. The van der Waals surface area contributed by atoms with E-state index >= 15 is 0 Å². The minimum Gasteiger partial charge on any atom is -0.366 e. The quantitative estimate of drug-likeness (QED) is 0.227. The number of benzene rings is 3. The van der Waals surface area contributed by atoms with Crippen molar-refractivity contribution < 1.29 is 30.8 Å². The van der Waals surface area contributed by atoms with Gasteiger partial charge in [-0.3, -0.25) is 4.79 Å². The van der Waals surface area contributed by atoms with Crippen LogP contribution in [-0.4, -0.2) is 36.2 Å². The second-order valence-corrected chi connectivity index (χ2v) is 12.0. The highest BCUT2D eigenvalue weighted by atomic mass is 32.2. The van der Waals surface area contributed by atoms with Crippen LogP contribution in [0.15, 0.2) is 95.9 Å². The molecule has 2 heterocycles. The predicted molar refractivity (Wildman–Crippen MR) is 154 cm³/mol. The Kier molecular flexibility index (Phi) is 8.79. The average molecular weight is 613 g/mol. The SMILES string of the molecule is O=C(NCc1cc(NCc2ccccc2)nc(-c2ccc(C(F)(F)F)cc2)c1)[C@@H]1CCCN1S(=O)(=O)c1ccc(F)cc1. The Hall–Kier alpha value is -4.29. The van der Waals surface area contributed by atoms with Gasteiger partial charge >= 0.3 is 6.18 Å². The second-order valence-electron chi connectivity index (χ2n) is 10.1. The van der Waals surface area contributed by atoms with Crippen molar-refractivity contribution in [3.8, 4) is 11.3 Å². The van der Waals surface area contributed by atoms with E-state index in [1.165, 1.54) is 24.3 Å². The molecular weight excluding hydrogens is 584 g/mol. The number of carbonyl (C=O) groups excluding carboxylic acids is 1. The summed E-state index contributed by atoms with van der Waals surface area (Å²) < 4.78 is 80.2. The number of aromatic nitrogens is 1. The molecule has 43 heavy (non-hydrogen) atoms. The van der Waals surface area contributed by atoms with E-state index in [9.17, 15) is 30.8 Å². The van der Waals surface area contributed by atoms with Crippen molar-refractivity contribution in [1.29, 1.82) is 0 Å². The highest BCUT2D eigenvalue weighted by molar-refractivity contribution is 7.89. The van der Waals surface area contributed by atoms with Gasteiger partial charge in [0.15, 0.2) is 0 Å². The van der Waals surface area contributed by atoms with Crippen molar-refractivity contribution in [2.24, 2.45) is 0 Å². The topological polar surface area (TPSA) is 91.4 Å². The van der Waals surface area contributed by atoms with Crippen molar-refractivity contribution in [2.45, 2.75) is 43.0 Å². The van der Waals surface area contributed by atoms with Crippen molar-refractivity contribution in [1.82, 2.24) is 14.6 Å². The van der Waals surface area contributed by atoms with E-state index in [1.807, 2.05) is 30.3 Å². The van der Waals surface area contributed by atoms with Gasteiger partial charge in [0.2, 0.25) is 15.9 Å². The van der Waals surface area contributed by atoms with Crippen LogP contribution in [0, 0.1) is 5.82 Å². The van der Waals surface area contributed by atoms with Crippen LogP contribution >= 0.6 is 0 Å². The van der Waals surface area contributed by atoms with Gasteiger partial charge in [0.1, 0.15) is 17.7 Å². The van der Waals surface area contributed by atoms with Crippen LogP contribution in [0.4, 0.5) is 23.4 Å². The van der Waals surface area contributed by atoms with Crippen LogP contribution in [0.3, 0.4) is 0 Å². The number of halogens is 4. The number of hydrogen-bond donors (Lipinski definition) is 2. The summed E-state index contributed by atoms with van der Waals surface area (Å²) in [6.07, 6.45) is -3.67. The van der Waals surface area contributed by atoms with Gasteiger partial charge < -0.3 is 10.6 Å². The van der Waals surface area contributed by atoms with Gasteiger partial charge in [-0.15, -0.1) is 0 Å². The Morgan fingerprint density at radius 2 is 1.60 bits per heavy atom. The molecule has 4 aromatic rings. The van der Waals surface area contributed by atoms with E-state index in [0.29, 0.717) is 42.0 Å². The van der Waals surface area contributed by atoms with Crippen LogP contribution in [-0.2, 0) is 34.1 Å². The van der Waals surface area contributed by atoms with Crippen molar-refractivity contribution >= 4 is 21.7 Å². The summed E-state index contributed by atoms with van der Waals surface area (Å²) in [6, 6.07) is 21.1. The number of rotatable bonds is 9. The smallest absolute Gasteiger partial charge is 0.366 e. The molecule has 2 N–H and O–H groups in total. The molecule has 12 heteroatoms. The normalized spacial score (nSPS) is 15.8. The first-order valence-corrected chi connectivity index (χ1v) is 15.0. The number of carbonyl (C=O) groups is 1. The van der Waals surface area contributed by atoms with Gasteiger partial charge in [-0.1, -0.05) is 42.5 Å². The lowest BCUT2D eigenvalue weighted by Crippen LogP contribution is -2.45. The van der Waals surface area contributed by atoms with Crippen LogP contribution in [0.1, 0.15) is 29.5 Å². The number of amides is 1. The lowest BCUT2D eigenvalue weighted by atomic mass is 10.1. The number of nitrogens with zero attached hydrogens (tertiary/aromatic N) is 2. The van der Waals surface area contributed by atoms with Crippen LogP contribution in [0.5, 0.6) is 0 Å². The molecule has 1 aromatic heterocycles. The van der Waals surface area contributed by atoms with E-state index in [4.69, 9.17) is 0 Å². The van der Waals surface area contributed by atoms with Crippen molar-refractivity contribution in [3.05, 3.63) is 114 Å². The standard InChI is InChI=1S/C31H28F4N4O3S/c32-25-12-14-26(15-13-25)43(41,42)39-16-4-7-28(39)30(40)37-20-22-17-27(23-8-10-24(11-9-23)31(33,34)35)38-29(18-22)36-19-21-5-2-1-3-6-21/h1-3,5-6,8-15,17-18,28H,4,7,16,19-20H2,(H,36,38)(H,37,40)/t28-/m0/s1. The van der Waals surface area contributed by atoms with Crippen LogP contribution in [0.2, 0.25) is 0 Å². The molecule has 0 unspecified atom stereocenters. The Morgan fingerprint density at radius 1 is 0.907 bits per heavy atom. The predicted octanol–water partition coefficient (Wildman–Crippen LogP) is 5.99. The molecule has 1 aliphatic rings. The molecule has 1 amide bonds. The Labute approximate surface area is 246 Å². The molecule has 0 spiro atoms. The van der Waals surface area contributed by atoms with Crippen molar-refractivity contribution in [3.63, 3.8) is 0 Å². The van der Waals surface area contributed by atoms with E-state index < -0.39 is 39.5 Å². The maximum Gasteiger partial charge on any atom is 0.416 e. The van der Waals surface area contributed by atoms with Gasteiger partial charge in [0.25, 0.3) is 0 Å². The molecule has 7 nitrogen and oxygen atoms in total. The molecule has 0 bridgehead atoms. The molecule has 1 aliphatic heterocycles. The Morgan fingerprint density at radius 3 is 2.28 bits per heavy atom. The number of pyridine rings is 1. The van der Waals surface area contributed by atoms with Crippen molar-refractivity contribution in [2.75, 3.05) is 11.9 Å². The minimum atomic E-state index is -4.47. The second kappa shape index (κ2) is 12.5. The highest BCUT2D eigenvalue weighted by Crippen LogP contribution is 2.31. The summed E-state index contributed by atoms with van der Waals surface area (Å²) in [5.74, 6) is -0.609. The maximum atomic E-state index is 13.4. The first kappa shape index (κ1) is 30.2. The molecule has 1 atom stereocenters. The first-order valence-electron chi connectivity index (χ1n) is 13.5. The monoisotopic (exact) mass is 612 g/mol. The lowest BCUT2D eigenvalue weighted by Gasteiger charge is -2.23. The summed E-state index contributed by atoms with van der Waals surface area (Å²) in [5, 5.41) is 6.02. The molecule has 0 saturated carbocycles. The Bertz CT molecular complexity index is 1680. The molecule has 3 aromatic carbocycles. The highest BCUT2D eigenvalue weighted by Gasteiger charge is 2.39. The van der Waals surface area contributed by atoms with E-state index in [1.54, 1.807) is 12.1 Å². The molecule has 1 fully saturated rings. The molecule has 5 rings (SSSR count). The van der Waals surface area contributed by atoms with E-state index in [-0.39, 0.29) is 18.0 Å². The summed E-state index contributed by atoms with van der Waals surface area (Å²) >= 11 is 0. The zero-order valence-corrected chi connectivity index (χ0v) is 23.6. The molecular formula is C31H28F4N4O3S. The summed E-state index contributed by atoms with van der Waals surface area (Å²) in [7, 11) is -4.02. The number of nitrogens with one attached hydrogen (secondary N) is 2. The number of anilines is 1. The minimum absolute atomic E-state index is 0.0238. The van der Waals surface area contributed by atoms with Gasteiger partial charge in [-0.2, -0.15) is 17.5 Å². The third-order valence-corrected chi connectivity index (χ3v) is 9.03. The number of sulfonamides is 1. The van der Waals surface area contributed by atoms with Gasteiger partial charge in [0, 0.05) is 25.2 Å². The fraction of sp³-hybridized carbons (Fsp3) is 0.226. The van der Waals surface area contributed by atoms with Crippen LogP contribution < -0.4 is 10.6 Å². The zero-order valence-electron chi connectivity index (χ0n) is 22.8. The molecule has 224 valence electrons. The van der Waals surface area contributed by atoms with Crippen LogP contribution in [0.25, 0.3) is 11.3 Å². The third-order valence-electron chi connectivity index (χ3n) is 7.10. The summed E-state index contributed by atoms with van der Waals surface area (Å²) in [6.45, 7) is 0.614. The molecule has 1 saturated heterocycles. The lowest BCUT2D eigenvalue weighted by molar-refractivity contribution is -0.137. The Balaban J connectivity index is 1.35. The fourth-order valence-electron chi connectivity index (χ4n) is 4.88. The molecule has 0 radical (unpaired) electrons. The largest absolute Gasteiger partial charge is 0.416 e. The number of alkyl halides is 3. The first-order chi connectivity index (χ1) is 20.5. The van der Waals surface area contributed by atoms with E-state index in [0.717, 1.165) is 34.1 Å². The number of hydrogen-bond acceptors (Lipinski definition) is 5. The summed E-state index contributed by atoms with van der Waals surface area (Å²) in [5.41, 5.74) is 1.68. The molecule has 0 aliphatic carbocycles. The van der Waals surface area contributed by atoms with Gasteiger partial charge in [0.05, 0.1) is 16.2 Å². The fourth-order valence-corrected chi connectivity index (χ4v) is 6.54. The van der Waals surface area contributed by atoms with Gasteiger partial charge in [-0.25, -0.2) is 17.8 Å². The average Bonchev–Trinajstić information content (AvgIpc) is 3.51. The van der Waals surface area contributed by atoms with E-state index in [2.05, 4.69) is 15.6 Å². The van der Waals surface area contributed by atoms with Gasteiger partial charge in [-0.05, 0) is 72.5 Å². The zero-order chi connectivity index (χ0) is 30.6. The third kappa shape index (κ3) is 7.20.